The second kappa shape index (κ2) is 13.8. The van der Waals surface area contributed by atoms with E-state index in [2.05, 4.69) is 238 Å². The number of hydrogen-bond acceptors (Lipinski definition) is 2. The highest BCUT2D eigenvalue weighted by Gasteiger charge is 2.39. The lowest BCUT2D eigenvalue weighted by Crippen LogP contribution is -2.58. The van der Waals surface area contributed by atoms with Crippen molar-refractivity contribution in [2.75, 3.05) is 4.90 Å². The van der Waals surface area contributed by atoms with Gasteiger partial charge in [-0.05, 0) is 118 Å². The highest BCUT2D eigenvalue weighted by Crippen LogP contribution is 2.45. The summed E-state index contributed by atoms with van der Waals surface area (Å²) in [5.74, 6) is 0. The van der Waals surface area contributed by atoms with Gasteiger partial charge in [0.1, 0.15) is 19.2 Å². The lowest BCUT2D eigenvalue weighted by atomic mass is 10.0. The molecule has 5 heterocycles. The predicted molar refractivity (Wildman–Crippen MR) is 279 cm³/mol. The first-order valence-corrected chi connectivity index (χ1v) is 25.7. The molecule has 0 unspecified atom stereocenters. The second-order valence-corrected chi connectivity index (χ2v) is 22.6. The fourth-order valence-corrected chi connectivity index (χ4v) is 14.1. The fraction of sp³-hybridized carbons (Fsp3) is 0.0333. The van der Waals surface area contributed by atoms with Gasteiger partial charge in [-0.1, -0.05) is 122 Å². The third kappa shape index (κ3) is 5.33. The molecule has 0 spiro atoms. The molecule has 66 heavy (non-hydrogen) atoms. The van der Waals surface area contributed by atoms with Gasteiger partial charge in [-0.3, -0.25) is 0 Å². The summed E-state index contributed by atoms with van der Waals surface area (Å²) >= 11 is 0. The molecule has 0 saturated heterocycles. The van der Waals surface area contributed by atoms with Crippen LogP contribution in [0, 0.1) is 0 Å². The lowest BCUT2D eigenvalue weighted by molar-refractivity contribution is 0.669. The van der Waals surface area contributed by atoms with Gasteiger partial charge in [-0.2, -0.15) is 0 Å². The average Bonchev–Trinajstić information content (AvgIpc) is 4.15. The Kier molecular flexibility index (Phi) is 7.78. The van der Waals surface area contributed by atoms with Crippen LogP contribution in [0.25, 0.3) is 93.7 Å². The van der Waals surface area contributed by atoms with E-state index in [4.69, 9.17) is 4.42 Å². The Labute approximate surface area is 382 Å². The molecule has 312 valence electrons. The number of anilines is 3. The number of benzene rings is 9. The Morgan fingerprint density at radius 1 is 0.379 bits per heavy atom. The van der Waals surface area contributed by atoms with Crippen molar-refractivity contribution in [1.29, 1.82) is 0 Å². The van der Waals surface area contributed by atoms with Gasteiger partial charge < -0.3 is 23.0 Å². The van der Waals surface area contributed by atoms with Crippen molar-refractivity contribution in [3.8, 4) is 28.2 Å². The maximum atomic E-state index is 6.21. The standard InChI is InChI=1S/C60H42N4OSi/c1-66(2)59-26-13-11-24-52(59)64(56-38-54-41(35-60(56)66)30-31-61(54)42-16-4-3-5-17-42)50-22-9-6-19-45(50)39-15-14-18-44(33-39)63-51-23-10-7-20-46(51)48-34-40-29-32-62(53(40)37-55(48)63)43-27-28-58-49(36-43)47-21-8-12-25-57(47)65-58/h3-38H,1-2H3. The van der Waals surface area contributed by atoms with Gasteiger partial charge in [0.25, 0.3) is 0 Å². The number of furan rings is 1. The van der Waals surface area contributed by atoms with Crippen LogP contribution in [0.3, 0.4) is 0 Å². The van der Waals surface area contributed by atoms with E-state index in [1.807, 2.05) is 12.1 Å². The molecule has 6 heteroatoms. The summed E-state index contributed by atoms with van der Waals surface area (Å²) in [5.41, 5.74) is 15.9. The van der Waals surface area contributed by atoms with Gasteiger partial charge in [-0.15, -0.1) is 0 Å². The largest absolute Gasteiger partial charge is 0.456 e. The number of aromatic nitrogens is 3. The summed E-state index contributed by atoms with van der Waals surface area (Å²) in [5, 5.41) is 10.1. The highest BCUT2D eigenvalue weighted by atomic mass is 28.3. The van der Waals surface area contributed by atoms with E-state index in [0.29, 0.717) is 0 Å². The third-order valence-corrected chi connectivity index (χ3v) is 17.8. The smallest absolute Gasteiger partial charge is 0.135 e. The minimum atomic E-state index is -2.11. The quantitative estimate of drug-likeness (QED) is 0.161. The summed E-state index contributed by atoms with van der Waals surface area (Å²) in [4.78, 5) is 2.54. The van der Waals surface area contributed by atoms with E-state index < -0.39 is 8.07 Å². The van der Waals surface area contributed by atoms with Crippen LogP contribution >= 0.6 is 0 Å². The van der Waals surface area contributed by atoms with Gasteiger partial charge in [0, 0.05) is 73.3 Å². The van der Waals surface area contributed by atoms with Gasteiger partial charge >= 0.3 is 0 Å². The van der Waals surface area contributed by atoms with Crippen molar-refractivity contribution in [2.24, 2.45) is 0 Å². The molecule has 13 aromatic rings. The topological polar surface area (TPSA) is 31.2 Å². The molecular formula is C60H42N4OSi. The molecule has 1 aliphatic heterocycles. The third-order valence-electron chi connectivity index (χ3n) is 14.3. The van der Waals surface area contributed by atoms with E-state index in [-0.39, 0.29) is 0 Å². The molecule has 1 aliphatic rings. The number of fused-ring (bicyclic) bond motifs is 10. The SMILES string of the molecule is C[Si]1(C)c2ccccc2N(c2ccccc2-c2cccc(-n3c4ccccc4c4cc5ccn(-c6ccc7oc8ccccc8c7c6)c5cc43)c2)c2cc3c(ccn3-c3ccccc3)cc21. The fourth-order valence-electron chi connectivity index (χ4n) is 11.1. The first kappa shape index (κ1) is 37.1. The minimum absolute atomic E-state index is 0.898. The van der Waals surface area contributed by atoms with Gasteiger partial charge in [0.05, 0.1) is 27.8 Å². The van der Waals surface area contributed by atoms with Gasteiger partial charge in [0.2, 0.25) is 0 Å². The van der Waals surface area contributed by atoms with Crippen LogP contribution in [0.1, 0.15) is 0 Å². The number of para-hydroxylation sites is 5. The van der Waals surface area contributed by atoms with Crippen LogP contribution in [0.4, 0.5) is 17.1 Å². The van der Waals surface area contributed by atoms with E-state index in [9.17, 15) is 0 Å². The molecule has 0 amide bonds. The number of nitrogens with zero attached hydrogens (tertiary/aromatic N) is 4. The van der Waals surface area contributed by atoms with Crippen LogP contribution < -0.4 is 15.3 Å². The zero-order valence-corrected chi connectivity index (χ0v) is 37.5. The molecule has 4 aromatic heterocycles. The summed E-state index contributed by atoms with van der Waals surface area (Å²) in [7, 11) is -2.11. The zero-order valence-electron chi connectivity index (χ0n) is 36.5. The van der Waals surface area contributed by atoms with Crippen LogP contribution in [-0.4, -0.2) is 21.8 Å². The van der Waals surface area contributed by atoms with Crippen LogP contribution in [0.2, 0.25) is 13.1 Å². The molecule has 0 bridgehead atoms. The highest BCUT2D eigenvalue weighted by molar-refractivity contribution is 7.02. The van der Waals surface area contributed by atoms with Gasteiger partial charge in [-0.25, -0.2) is 0 Å². The first-order valence-electron chi connectivity index (χ1n) is 22.7. The van der Waals surface area contributed by atoms with Crippen LogP contribution in [0.15, 0.2) is 223 Å². The van der Waals surface area contributed by atoms with E-state index in [1.165, 1.54) is 65.4 Å². The Balaban J connectivity index is 0.948. The molecule has 9 aromatic carbocycles. The van der Waals surface area contributed by atoms with Crippen LogP contribution in [0.5, 0.6) is 0 Å². The van der Waals surface area contributed by atoms with Crippen molar-refractivity contribution in [1.82, 2.24) is 13.7 Å². The molecule has 5 nitrogen and oxygen atoms in total. The van der Waals surface area contributed by atoms with Crippen molar-refractivity contribution in [2.45, 2.75) is 13.1 Å². The number of hydrogen-bond donors (Lipinski definition) is 0. The maximum Gasteiger partial charge on any atom is 0.135 e. The molecule has 0 atom stereocenters. The van der Waals surface area contributed by atoms with E-state index in [0.717, 1.165) is 55.8 Å². The Morgan fingerprint density at radius 3 is 1.94 bits per heavy atom. The monoisotopic (exact) mass is 862 g/mol. The molecular weight excluding hydrogens is 821 g/mol. The summed E-state index contributed by atoms with van der Waals surface area (Å²) in [6.07, 6.45) is 4.41. The van der Waals surface area contributed by atoms with Crippen molar-refractivity contribution >= 4 is 101 Å². The minimum Gasteiger partial charge on any atom is -0.456 e. The molecule has 0 fully saturated rings. The Bertz CT molecular complexity index is 4110. The molecule has 0 N–H and O–H groups in total. The van der Waals surface area contributed by atoms with Crippen molar-refractivity contribution in [3.05, 3.63) is 219 Å². The van der Waals surface area contributed by atoms with E-state index in [1.54, 1.807) is 0 Å². The normalized spacial score (nSPS) is 13.4. The molecule has 0 saturated carbocycles. The number of rotatable bonds is 5. The second-order valence-electron chi connectivity index (χ2n) is 18.2. The van der Waals surface area contributed by atoms with Crippen LogP contribution in [-0.2, 0) is 0 Å². The molecule has 14 rings (SSSR count). The molecule has 0 radical (unpaired) electrons. The summed E-state index contributed by atoms with van der Waals surface area (Å²) in [6, 6.07) is 75.7. The summed E-state index contributed by atoms with van der Waals surface area (Å²) in [6.45, 7) is 5.02. The zero-order chi connectivity index (χ0) is 43.7. The van der Waals surface area contributed by atoms with Gasteiger partial charge in [0.15, 0.2) is 0 Å². The lowest BCUT2D eigenvalue weighted by Gasteiger charge is -2.41. The first-order chi connectivity index (χ1) is 32.5. The predicted octanol–water partition coefficient (Wildman–Crippen LogP) is 14.8. The Hall–Kier alpha value is -8.32. The Morgan fingerprint density at radius 2 is 1.06 bits per heavy atom. The average molecular weight is 863 g/mol. The molecule has 0 aliphatic carbocycles. The van der Waals surface area contributed by atoms with E-state index >= 15 is 0 Å². The van der Waals surface area contributed by atoms with Crippen molar-refractivity contribution < 1.29 is 4.42 Å². The maximum absolute atomic E-state index is 6.21. The van der Waals surface area contributed by atoms with Crippen molar-refractivity contribution in [3.63, 3.8) is 0 Å². The summed E-state index contributed by atoms with van der Waals surface area (Å²) < 4.78 is 13.3.